The van der Waals surface area contributed by atoms with Crippen LogP contribution in [0.15, 0.2) is 23.1 Å². The van der Waals surface area contributed by atoms with Crippen molar-refractivity contribution in [3.05, 3.63) is 51.7 Å². The zero-order chi connectivity index (χ0) is 20.7. The van der Waals surface area contributed by atoms with E-state index in [0.717, 1.165) is 13.2 Å². The Labute approximate surface area is 195 Å². The standard InChI is InChI=1S/C16H11F2I3O5S/c1-6(2)8-5-11(12(17)13(18)15(8)27(23,24)25)26-16(22)9-3-7(19)4-10(20)14(9)21/h3-6H,1-2H3,(H,23,24,25). The summed E-state index contributed by atoms with van der Waals surface area (Å²) in [4.78, 5) is 11.3. The van der Waals surface area contributed by atoms with Crippen LogP contribution < -0.4 is 4.74 Å². The zero-order valence-corrected chi connectivity index (χ0v) is 21.0. The van der Waals surface area contributed by atoms with Crippen LogP contribution in [-0.4, -0.2) is 18.9 Å². The van der Waals surface area contributed by atoms with Gasteiger partial charge < -0.3 is 4.74 Å². The Morgan fingerprint density at radius 3 is 2.22 bits per heavy atom. The molecule has 0 radical (unpaired) electrons. The first-order valence-corrected chi connectivity index (χ1v) is 11.9. The summed E-state index contributed by atoms with van der Waals surface area (Å²) in [5.74, 6) is -5.72. The van der Waals surface area contributed by atoms with E-state index in [9.17, 15) is 26.5 Å². The molecule has 0 aliphatic carbocycles. The van der Waals surface area contributed by atoms with Crippen molar-refractivity contribution in [2.75, 3.05) is 0 Å². The highest BCUT2D eigenvalue weighted by molar-refractivity contribution is 14.1. The first-order valence-electron chi connectivity index (χ1n) is 7.20. The van der Waals surface area contributed by atoms with Crippen LogP contribution in [0.5, 0.6) is 5.75 Å². The predicted molar refractivity (Wildman–Crippen MR) is 120 cm³/mol. The summed E-state index contributed by atoms with van der Waals surface area (Å²) in [6.45, 7) is 3.05. The Bertz CT molecular complexity index is 1040. The molecule has 11 heteroatoms. The van der Waals surface area contributed by atoms with Crippen molar-refractivity contribution in [3.8, 4) is 5.75 Å². The van der Waals surface area contributed by atoms with Gasteiger partial charge in [-0.05, 0) is 97.5 Å². The number of hydrogen-bond donors (Lipinski definition) is 1. The molecule has 0 amide bonds. The zero-order valence-electron chi connectivity index (χ0n) is 13.7. The Morgan fingerprint density at radius 1 is 1.11 bits per heavy atom. The minimum absolute atomic E-state index is 0.164. The fraction of sp³-hybridized carbons (Fsp3) is 0.188. The van der Waals surface area contributed by atoms with Crippen LogP contribution in [0.4, 0.5) is 8.78 Å². The van der Waals surface area contributed by atoms with Crippen LogP contribution in [0, 0.1) is 22.3 Å². The number of ether oxygens (including phenoxy) is 1. The monoisotopic (exact) mass is 734 g/mol. The van der Waals surface area contributed by atoms with Gasteiger partial charge in [0, 0.05) is 10.7 Å². The SMILES string of the molecule is CC(C)c1cc(OC(=O)c2cc(I)cc(I)c2I)c(F)c(F)c1S(=O)(=O)O. The summed E-state index contributed by atoms with van der Waals surface area (Å²) >= 11 is 5.97. The molecule has 0 unspecified atom stereocenters. The topological polar surface area (TPSA) is 80.7 Å². The van der Waals surface area contributed by atoms with E-state index < -0.39 is 44.3 Å². The minimum Gasteiger partial charge on any atom is -0.420 e. The summed E-state index contributed by atoms with van der Waals surface area (Å²) in [6.07, 6.45) is 0. The van der Waals surface area contributed by atoms with Gasteiger partial charge in [-0.2, -0.15) is 12.8 Å². The molecule has 0 aliphatic heterocycles. The molecular weight excluding hydrogens is 723 g/mol. The van der Waals surface area contributed by atoms with Crippen molar-refractivity contribution in [1.82, 2.24) is 0 Å². The summed E-state index contributed by atoms with van der Waals surface area (Å²) in [5, 5.41) is 0. The maximum absolute atomic E-state index is 14.3. The highest BCUT2D eigenvalue weighted by Crippen LogP contribution is 2.34. The fourth-order valence-electron chi connectivity index (χ4n) is 2.23. The van der Waals surface area contributed by atoms with Crippen molar-refractivity contribution in [3.63, 3.8) is 0 Å². The average molecular weight is 734 g/mol. The van der Waals surface area contributed by atoms with Gasteiger partial charge in [-0.25, -0.2) is 9.18 Å². The Hall–Kier alpha value is -0.130. The Morgan fingerprint density at radius 2 is 1.70 bits per heavy atom. The molecule has 0 bridgehead atoms. The number of hydrogen-bond acceptors (Lipinski definition) is 4. The number of benzene rings is 2. The van der Waals surface area contributed by atoms with Crippen molar-refractivity contribution in [2.45, 2.75) is 24.7 Å². The molecule has 2 rings (SSSR count). The smallest absolute Gasteiger partial charge is 0.344 e. The van der Waals surface area contributed by atoms with Crippen LogP contribution in [0.2, 0.25) is 0 Å². The molecule has 0 heterocycles. The molecule has 0 saturated heterocycles. The summed E-state index contributed by atoms with van der Waals surface area (Å²) < 4.78 is 67.9. The van der Waals surface area contributed by atoms with Crippen molar-refractivity contribution in [2.24, 2.45) is 0 Å². The maximum atomic E-state index is 14.3. The molecule has 0 fully saturated rings. The molecule has 0 aliphatic rings. The molecule has 0 aromatic heterocycles. The molecule has 0 spiro atoms. The first-order chi connectivity index (χ1) is 12.3. The quantitative estimate of drug-likeness (QED) is 0.151. The molecular formula is C16H11F2I3O5S. The number of carbonyl (C=O) groups excluding carboxylic acids is 1. The van der Waals surface area contributed by atoms with E-state index in [1.807, 2.05) is 73.8 Å². The largest absolute Gasteiger partial charge is 0.420 e. The molecule has 1 N–H and O–H groups in total. The first kappa shape index (κ1) is 23.2. The van der Waals surface area contributed by atoms with Gasteiger partial charge in [0.1, 0.15) is 4.90 Å². The Kier molecular flexibility index (Phi) is 7.47. The van der Waals surface area contributed by atoms with Gasteiger partial charge in [-0.3, -0.25) is 4.55 Å². The van der Waals surface area contributed by atoms with E-state index in [-0.39, 0.29) is 11.1 Å². The lowest BCUT2D eigenvalue weighted by atomic mass is 10.0. The molecule has 2 aromatic rings. The van der Waals surface area contributed by atoms with Crippen LogP contribution >= 0.6 is 67.8 Å². The number of rotatable bonds is 4. The molecule has 2 aromatic carbocycles. The molecule has 146 valence electrons. The second kappa shape index (κ2) is 8.71. The third-order valence-corrected chi connectivity index (χ3v) is 8.05. The van der Waals surface area contributed by atoms with Gasteiger partial charge in [-0.1, -0.05) is 13.8 Å². The molecule has 0 saturated carbocycles. The summed E-state index contributed by atoms with van der Waals surface area (Å²) in [5.41, 5.74) is -0.0391. The number of halogens is 5. The third-order valence-electron chi connectivity index (χ3n) is 3.45. The van der Waals surface area contributed by atoms with E-state index >= 15 is 0 Å². The predicted octanol–water partition coefficient (Wildman–Crippen LogP) is 5.37. The van der Waals surface area contributed by atoms with Crippen LogP contribution in [0.1, 0.15) is 35.7 Å². The second-order valence-electron chi connectivity index (χ2n) is 5.69. The van der Waals surface area contributed by atoms with Crippen LogP contribution in [0.3, 0.4) is 0 Å². The highest BCUT2D eigenvalue weighted by Gasteiger charge is 2.30. The van der Waals surface area contributed by atoms with E-state index in [0.29, 0.717) is 3.57 Å². The lowest BCUT2D eigenvalue weighted by Crippen LogP contribution is -2.15. The lowest BCUT2D eigenvalue weighted by molar-refractivity contribution is 0.0725. The van der Waals surface area contributed by atoms with Gasteiger partial charge in [0.05, 0.1) is 5.56 Å². The van der Waals surface area contributed by atoms with Crippen molar-refractivity contribution >= 4 is 83.9 Å². The normalized spacial score (nSPS) is 11.7. The molecule has 0 atom stereocenters. The van der Waals surface area contributed by atoms with E-state index in [2.05, 4.69) is 0 Å². The fourth-order valence-corrected chi connectivity index (χ4v) is 5.51. The van der Waals surface area contributed by atoms with Gasteiger partial charge in [0.25, 0.3) is 10.1 Å². The molecule has 27 heavy (non-hydrogen) atoms. The number of carbonyl (C=O) groups is 1. The van der Waals surface area contributed by atoms with Gasteiger partial charge in [-0.15, -0.1) is 0 Å². The average Bonchev–Trinajstić information content (AvgIpc) is 2.53. The summed E-state index contributed by atoms with van der Waals surface area (Å²) in [6, 6.07) is 4.28. The maximum Gasteiger partial charge on any atom is 0.344 e. The van der Waals surface area contributed by atoms with Crippen LogP contribution in [-0.2, 0) is 10.1 Å². The third kappa shape index (κ3) is 5.08. The van der Waals surface area contributed by atoms with E-state index in [4.69, 9.17) is 4.74 Å². The van der Waals surface area contributed by atoms with Gasteiger partial charge >= 0.3 is 5.97 Å². The lowest BCUT2D eigenvalue weighted by Gasteiger charge is -2.15. The summed E-state index contributed by atoms with van der Waals surface area (Å²) in [7, 11) is -5.01. The highest BCUT2D eigenvalue weighted by atomic mass is 127. The van der Waals surface area contributed by atoms with E-state index in [1.165, 1.54) is 19.9 Å². The number of esters is 1. The van der Waals surface area contributed by atoms with Gasteiger partial charge in [0.2, 0.25) is 5.82 Å². The van der Waals surface area contributed by atoms with Gasteiger partial charge in [0.15, 0.2) is 11.6 Å². The van der Waals surface area contributed by atoms with Crippen molar-refractivity contribution < 1.29 is 31.3 Å². The second-order valence-corrected chi connectivity index (χ2v) is 10.5. The van der Waals surface area contributed by atoms with E-state index in [1.54, 1.807) is 0 Å². The minimum atomic E-state index is -5.01. The van der Waals surface area contributed by atoms with Crippen LogP contribution in [0.25, 0.3) is 0 Å². The Balaban J connectivity index is 2.60. The molecule has 5 nitrogen and oxygen atoms in total. The van der Waals surface area contributed by atoms with Crippen molar-refractivity contribution in [1.29, 1.82) is 0 Å².